The van der Waals surface area contributed by atoms with Crippen molar-refractivity contribution in [3.63, 3.8) is 0 Å². The van der Waals surface area contributed by atoms with Crippen LogP contribution in [-0.4, -0.2) is 21.6 Å². The van der Waals surface area contributed by atoms with Gasteiger partial charge in [-0.05, 0) is 55.5 Å². The molecule has 28 heavy (non-hydrogen) atoms. The van der Waals surface area contributed by atoms with Crippen LogP contribution in [0.4, 0.5) is 10.1 Å². The number of nitrogens with one attached hydrogen (secondary N) is 2. The molecule has 2 heterocycles. The van der Waals surface area contributed by atoms with Crippen molar-refractivity contribution in [1.82, 2.24) is 9.97 Å². The van der Waals surface area contributed by atoms with Crippen LogP contribution in [0, 0.1) is 5.82 Å². The van der Waals surface area contributed by atoms with Gasteiger partial charge in [0.05, 0.1) is 11.1 Å². The molecular weight excluding hydrogens is 397 g/mol. The zero-order chi connectivity index (χ0) is 19.5. The van der Waals surface area contributed by atoms with Gasteiger partial charge in [0.2, 0.25) is 5.91 Å². The summed E-state index contributed by atoms with van der Waals surface area (Å²) in [5.41, 5.74) is 1.72. The number of halogens is 1. The highest BCUT2D eigenvalue weighted by molar-refractivity contribution is 7.98. The molecule has 4 rings (SSSR count). The summed E-state index contributed by atoms with van der Waals surface area (Å²) in [7, 11) is 0. The number of anilines is 1. The Bertz CT molecular complexity index is 1060. The lowest BCUT2D eigenvalue weighted by Gasteiger charge is -2.09. The zero-order valence-electron chi connectivity index (χ0n) is 15.2. The molecule has 146 valence electrons. The Hall–Kier alpha value is -2.19. The standard InChI is InChI=1S/C20H20FN3O2S2/c21-12-5-7-13(8-6-12)22-17(25)9-10-27-11-16-23-19(26)18-14-3-1-2-4-15(14)28-20(18)24-16/h5-8H,1-4,9-11H2,(H,22,25)(H,23,24,26). The number of rotatable bonds is 6. The molecule has 1 amide bonds. The summed E-state index contributed by atoms with van der Waals surface area (Å²) in [4.78, 5) is 34.2. The lowest BCUT2D eigenvalue weighted by molar-refractivity contribution is -0.115. The number of fused-ring (bicyclic) bond motifs is 3. The van der Waals surface area contributed by atoms with Crippen LogP contribution in [0.5, 0.6) is 0 Å². The third-order valence-corrected chi connectivity index (χ3v) is 6.87. The van der Waals surface area contributed by atoms with E-state index >= 15 is 0 Å². The molecule has 1 aliphatic rings. The maximum absolute atomic E-state index is 12.9. The average molecular weight is 418 g/mol. The number of thioether (sulfide) groups is 1. The number of aryl methyl sites for hydroxylation is 2. The number of H-pyrrole nitrogens is 1. The third-order valence-electron chi connectivity index (χ3n) is 4.71. The summed E-state index contributed by atoms with van der Waals surface area (Å²) in [5.74, 6) is 1.36. The van der Waals surface area contributed by atoms with Gasteiger partial charge in [-0.15, -0.1) is 11.3 Å². The second-order valence-electron chi connectivity index (χ2n) is 6.76. The van der Waals surface area contributed by atoms with Gasteiger partial charge >= 0.3 is 0 Å². The number of nitrogens with zero attached hydrogens (tertiary/aromatic N) is 1. The number of carbonyl (C=O) groups excluding carboxylic acids is 1. The zero-order valence-corrected chi connectivity index (χ0v) is 16.9. The summed E-state index contributed by atoms with van der Waals surface area (Å²) in [6.07, 6.45) is 4.67. The Labute approximate surface area is 169 Å². The van der Waals surface area contributed by atoms with Crippen molar-refractivity contribution in [2.45, 2.75) is 37.9 Å². The van der Waals surface area contributed by atoms with Gasteiger partial charge in [-0.2, -0.15) is 11.8 Å². The number of aromatic nitrogens is 2. The molecule has 2 N–H and O–H groups in total. The van der Waals surface area contributed by atoms with E-state index in [1.807, 2.05) is 0 Å². The first kappa shape index (κ1) is 19.1. The summed E-state index contributed by atoms with van der Waals surface area (Å²) in [6.45, 7) is 0. The van der Waals surface area contributed by atoms with Crippen LogP contribution in [0.2, 0.25) is 0 Å². The summed E-state index contributed by atoms with van der Waals surface area (Å²) < 4.78 is 12.9. The van der Waals surface area contributed by atoms with Crippen LogP contribution in [0.25, 0.3) is 10.2 Å². The van der Waals surface area contributed by atoms with Gasteiger partial charge in [0.1, 0.15) is 16.5 Å². The molecule has 1 aromatic carbocycles. The Morgan fingerprint density at radius 3 is 2.86 bits per heavy atom. The monoisotopic (exact) mass is 417 g/mol. The minimum absolute atomic E-state index is 0.0472. The molecule has 2 aromatic heterocycles. The summed E-state index contributed by atoms with van der Waals surface area (Å²) in [6, 6.07) is 5.69. The Morgan fingerprint density at radius 1 is 1.25 bits per heavy atom. The molecule has 3 aromatic rings. The quantitative estimate of drug-likeness (QED) is 0.588. The van der Waals surface area contributed by atoms with Crippen LogP contribution < -0.4 is 10.9 Å². The van der Waals surface area contributed by atoms with Crippen molar-refractivity contribution < 1.29 is 9.18 Å². The molecule has 5 nitrogen and oxygen atoms in total. The number of benzene rings is 1. The number of carbonyl (C=O) groups is 1. The van der Waals surface area contributed by atoms with E-state index < -0.39 is 0 Å². The number of aromatic amines is 1. The predicted octanol–water partition coefficient (Wildman–Crippen LogP) is 4.26. The van der Waals surface area contributed by atoms with E-state index in [2.05, 4.69) is 15.3 Å². The van der Waals surface area contributed by atoms with Crippen LogP contribution in [-0.2, 0) is 23.4 Å². The lowest BCUT2D eigenvalue weighted by Crippen LogP contribution is -2.13. The van der Waals surface area contributed by atoms with Crippen molar-refractivity contribution in [3.05, 3.63) is 56.7 Å². The first-order valence-electron chi connectivity index (χ1n) is 9.27. The number of hydrogen-bond acceptors (Lipinski definition) is 5. The second-order valence-corrected chi connectivity index (χ2v) is 8.95. The minimum Gasteiger partial charge on any atom is -0.326 e. The molecule has 0 radical (unpaired) electrons. The molecule has 0 aliphatic heterocycles. The predicted molar refractivity (Wildman–Crippen MR) is 113 cm³/mol. The molecule has 0 unspecified atom stereocenters. The fourth-order valence-electron chi connectivity index (χ4n) is 3.37. The maximum Gasteiger partial charge on any atom is 0.259 e. The van der Waals surface area contributed by atoms with E-state index in [1.165, 1.54) is 41.1 Å². The maximum atomic E-state index is 12.9. The van der Waals surface area contributed by atoms with Crippen molar-refractivity contribution >= 4 is 44.9 Å². The van der Waals surface area contributed by atoms with Gasteiger partial charge in [-0.1, -0.05) is 0 Å². The molecular formula is C20H20FN3O2S2. The SMILES string of the molecule is O=C(CCSCc1nc2sc3c(c2c(=O)[nH]1)CCCC3)Nc1ccc(F)cc1. The molecule has 0 atom stereocenters. The van der Waals surface area contributed by atoms with E-state index in [1.54, 1.807) is 23.1 Å². The highest BCUT2D eigenvalue weighted by Crippen LogP contribution is 2.33. The fraction of sp³-hybridized carbons (Fsp3) is 0.350. The van der Waals surface area contributed by atoms with E-state index in [0.29, 0.717) is 29.4 Å². The van der Waals surface area contributed by atoms with Gasteiger partial charge in [-0.25, -0.2) is 9.37 Å². The molecule has 0 saturated carbocycles. The summed E-state index contributed by atoms with van der Waals surface area (Å²) in [5, 5.41) is 3.51. The van der Waals surface area contributed by atoms with E-state index in [4.69, 9.17) is 0 Å². The number of hydrogen-bond donors (Lipinski definition) is 2. The van der Waals surface area contributed by atoms with E-state index in [9.17, 15) is 14.0 Å². The number of thiophene rings is 1. The molecule has 0 spiro atoms. The van der Waals surface area contributed by atoms with Gasteiger partial charge in [0.15, 0.2) is 0 Å². The van der Waals surface area contributed by atoms with E-state index in [0.717, 1.165) is 29.5 Å². The van der Waals surface area contributed by atoms with Crippen LogP contribution in [0.1, 0.15) is 35.5 Å². The fourth-order valence-corrected chi connectivity index (χ4v) is 5.45. The normalized spacial score (nSPS) is 13.5. The highest BCUT2D eigenvalue weighted by atomic mass is 32.2. The second kappa shape index (κ2) is 8.45. The smallest absolute Gasteiger partial charge is 0.259 e. The molecule has 0 bridgehead atoms. The van der Waals surface area contributed by atoms with Gasteiger partial charge in [-0.3, -0.25) is 9.59 Å². The van der Waals surface area contributed by atoms with Crippen LogP contribution >= 0.6 is 23.1 Å². The first-order valence-corrected chi connectivity index (χ1v) is 11.2. The molecule has 1 aliphatic carbocycles. The van der Waals surface area contributed by atoms with Gasteiger partial charge in [0.25, 0.3) is 5.56 Å². The summed E-state index contributed by atoms with van der Waals surface area (Å²) >= 11 is 3.19. The van der Waals surface area contributed by atoms with Gasteiger partial charge < -0.3 is 10.3 Å². The molecule has 8 heteroatoms. The Kier molecular flexibility index (Phi) is 5.77. The van der Waals surface area contributed by atoms with Crippen molar-refractivity contribution in [1.29, 1.82) is 0 Å². The van der Waals surface area contributed by atoms with Gasteiger partial charge in [0, 0.05) is 22.7 Å². The van der Waals surface area contributed by atoms with Crippen molar-refractivity contribution in [3.8, 4) is 0 Å². The largest absolute Gasteiger partial charge is 0.326 e. The minimum atomic E-state index is -0.335. The van der Waals surface area contributed by atoms with Crippen molar-refractivity contribution in [2.24, 2.45) is 0 Å². The Balaban J connectivity index is 1.32. The van der Waals surface area contributed by atoms with Crippen LogP contribution in [0.3, 0.4) is 0 Å². The molecule has 0 saturated heterocycles. The molecule has 0 fully saturated rings. The van der Waals surface area contributed by atoms with Crippen LogP contribution in [0.15, 0.2) is 29.1 Å². The lowest BCUT2D eigenvalue weighted by atomic mass is 9.97. The van der Waals surface area contributed by atoms with Crippen molar-refractivity contribution in [2.75, 3.05) is 11.1 Å². The van der Waals surface area contributed by atoms with E-state index in [-0.39, 0.29) is 17.3 Å². The number of amides is 1. The first-order chi connectivity index (χ1) is 13.6. The topological polar surface area (TPSA) is 74.8 Å². The third kappa shape index (κ3) is 4.28. The average Bonchev–Trinajstić information content (AvgIpc) is 3.06. The Morgan fingerprint density at radius 2 is 2.04 bits per heavy atom. The highest BCUT2D eigenvalue weighted by Gasteiger charge is 2.19.